The number of carbonyl (C=O) groups excluding carboxylic acids is 1. The van der Waals surface area contributed by atoms with Gasteiger partial charge in [-0.05, 0) is 24.5 Å². The summed E-state index contributed by atoms with van der Waals surface area (Å²) in [4.78, 5) is 15.6. The molecule has 3 rings (SSSR count). The minimum absolute atomic E-state index is 0.0982. The SMILES string of the molecule is N#Cc1cc(C#N)c(S[C@H](C(=O)NC2CC2)c2ccccc2)[nH+]c1N. The van der Waals surface area contributed by atoms with Gasteiger partial charge in [-0.2, -0.15) is 10.5 Å². The molecule has 0 unspecified atom stereocenters. The van der Waals surface area contributed by atoms with Gasteiger partial charge in [0.25, 0.3) is 5.82 Å². The largest absolute Gasteiger partial charge is 0.352 e. The minimum Gasteiger partial charge on any atom is -0.352 e. The molecule has 1 amide bonds. The molecule has 0 aliphatic heterocycles. The second-order valence-electron chi connectivity index (χ2n) is 5.75. The van der Waals surface area contributed by atoms with E-state index < -0.39 is 5.25 Å². The van der Waals surface area contributed by atoms with Crippen LogP contribution < -0.4 is 16.0 Å². The van der Waals surface area contributed by atoms with Crippen molar-refractivity contribution in [2.75, 3.05) is 5.73 Å². The lowest BCUT2D eigenvalue weighted by Crippen LogP contribution is -2.30. The van der Waals surface area contributed by atoms with Gasteiger partial charge in [-0.15, -0.1) is 0 Å². The lowest BCUT2D eigenvalue weighted by molar-refractivity contribution is -0.410. The summed E-state index contributed by atoms with van der Waals surface area (Å²) in [6, 6.07) is 15.1. The van der Waals surface area contributed by atoms with Crippen LogP contribution in [0.5, 0.6) is 0 Å². The van der Waals surface area contributed by atoms with Crippen LogP contribution in [-0.2, 0) is 4.79 Å². The monoisotopic (exact) mass is 350 g/mol. The van der Waals surface area contributed by atoms with Crippen molar-refractivity contribution in [1.29, 1.82) is 10.5 Å². The molecule has 0 bridgehead atoms. The van der Waals surface area contributed by atoms with E-state index in [0.717, 1.165) is 18.4 Å². The van der Waals surface area contributed by atoms with Crippen molar-refractivity contribution in [2.24, 2.45) is 0 Å². The van der Waals surface area contributed by atoms with Crippen molar-refractivity contribution in [3.63, 3.8) is 0 Å². The maximum Gasteiger partial charge on any atom is 0.289 e. The van der Waals surface area contributed by atoms with Gasteiger partial charge in [-0.3, -0.25) is 10.5 Å². The maximum atomic E-state index is 12.7. The van der Waals surface area contributed by atoms with E-state index >= 15 is 0 Å². The lowest BCUT2D eigenvalue weighted by Gasteiger charge is -2.16. The fraction of sp³-hybridized carbons (Fsp3) is 0.222. The van der Waals surface area contributed by atoms with Crippen molar-refractivity contribution in [3.05, 3.63) is 53.1 Å². The second kappa shape index (κ2) is 7.25. The molecule has 1 aliphatic rings. The Morgan fingerprint density at radius 3 is 2.52 bits per heavy atom. The first-order chi connectivity index (χ1) is 12.1. The number of amides is 1. The van der Waals surface area contributed by atoms with Crippen LogP contribution in [0.15, 0.2) is 41.4 Å². The van der Waals surface area contributed by atoms with E-state index in [9.17, 15) is 10.1 Å². The number of aromatic amines is 1. The van der Waals surface area contributed by atoms with Crippen molar-refractivity contribution < 1.29 is 9.78 Å². The highest BCUT2D eigenvalue weighted by Crippen LogP contribution is 2.36. The smallest absolute Gasteiger partial charge is 0.289 e. The number of nitrogens with zero attached hydrogens (tertiary/aromatic N) is 2. The number of nitriles is 2. The molecule has 25 heavy (non-hydrogen) atoms. The van der Waals surface area contributed by atoms with Gasteiger partial charge in [0, 0.05) is 6.04 Å². The first kappa shape index (κ1) is 16.8. The Kier molecular flexibility index (Phi) is 4.87. The zero-order chi connectivity index (χ0) is 17.8. The molecule has 2 aromatic rings. The van der Waals surface area contributed by atoms with Crippen LogP contribution in [0.1, 0.15) is 34.8 Å². The number of H-pyrrole nitrogens is 1. The first-order valence-corrected chi connectivity index (χ1v) is 8.68. The van der Waals surface area contributed by atoms with Crippen LogP contribution in [0.4, 0.5) is 5.82 Å². The van der Waals surface area contributed by atoms with Gasteiger partial charge in [0.1, 0.15) is 28.5 Å². The number of nitrogens with one attached hydrogen (secondary N) is 2. The topological polar surface area (TPSA) is 117 Å². The molecule has 1 heterocycles. The van der Waals surface area contributed by atoms with Crippen LogP contribution in [0.25, 0.3) is 0 Å². The van der Waals surface area contributed by atoms with E-state index in [0.29, 0.717) is 5.03 Å². The van der Waals surface area contributed by atoms with E-state index in [4.69, 9.17) is 11.0 Å². The summed E-state index contributed by atoms with van der Waals surface area (Å²) in [5, 5.41) is 21.4. The fourth-order valence-corrected chi connectivity index (χ4v) is 3.44. The molecule has 7 heteroatoms. The molecule has 4 N–H and O–H groups in total. The number of thioether (sulfide) groups is 1. The molecule has 0 spiro atoms. The summed E-state index contributed by atoms with van der Waals surface area (Å²) in [6.07, 6.45) is 1.99. The number of nitrogen functional groups attached to an aromatic ring is 1. The lowest BCUT2D eigenvalue weighted by atomic mass is 10.1. The summed E-state index contributed by atoms with van der Waals surface area (Å²) < 4.78 is 0. The molecular formula is C18H16N5OS+. The Balaban J connectivity index is 1.95. The molecule has 1 aromatic carbocycles. The van der Waals surface area contributed by atoms with Gasteiger partial charge in [0.15, 0.2) is 5.03 Å². The zero-order valence-corrected chi connectivity index (χ0v) is 14.1. The van der Waals surface area contributed by atoms with Crippen LogP contribution in [0.3, 0.4) is 0 Å². The van der Waals surface area contributed by atoms with E-state index in [1.54, 1.807) is 0 Å². The Hall–Kier alpha value is -3.03. The van der Waals surface area contributed by atoms with Crippen molar-refractivity contribution in [3.8, 4) is 12.1 Å². The fourth-order valence-electron chi connectivity index (χ4n) is 2.34. The van der Waals surface area contributed by atoms with Gasteiger partial charge >= 0.3 is 0 Å². The zero-order valence-electron chi connectivity index (χ0n) is 13.3. The molecule has 0 saturated heterocycles. The van der Waals surface area contributed by atoms with Crippen LogP contribution in [0.2, 0.25) is 0 Å². The van der Waals surface area contributed by atoms with Gasteiger partial charge in [0.05, 0.1) is 0 Å². The highest BCUT2D eigenvalue weighted by atomic mass is 32.2. The van der Waals surface area contributed by atoms with Crippen LogP contribution in [-0.4, -0.2) is 11.9 Å². The highest BCUT2D eigenvalue weighted by Gasteiger charge is 2.30. The summed E-state index contributed by atoms with van der Waals surface area (Å²) in [6.45, 7) is 0. The first-order valence-electron chi connectivity index (χ1n) is 7.80. The number of hydrogen-bond donors (Lipinski definition) is 2. The summed E-state index contributed by atoms with van der Waals surface area (Å²) in [5.41, 5.74) is 7.17. The van der Waals surface area contributed by atoms with Gasteiger partial charge in [0.2, 0.25) is 5.91 Å². The Morgan fingerprint density at radius 1 is 1.24 bits per heavy atom. The van der Waals surface area contributed by atoms with Gasteiger partial charge in [-0.25, -0.2) is 4.98 Å². The number of nitrogens with two attached hydrogens (primary N) is 1. The number of rotatable bonds is 5. The quantitative estimate of drug-likeness (QED) is 0.799. The average molecular weight is 350 g/mol. The third-order valence-electron chi connectivity index (χ3n) is 3.81. The van der Waals surface area contributed by atoms with Gasteiger partial charge in [-0.1, -0.05) is 42.1 Å². The maximum absolute atomic E-state index is 12.7. The number of anilines is 1. The molecule has 1 atom stereocenters. The highest BCUT2D eigenvalue weighted by molar-refractivity contribution is 8.00. The predicted octanol–water partition coefficient (Wildman–Crippen LogP) is 1.94. The Morgan fingerprint density at radius 2 is 1.92 bits per heavy atom. The van der Waals surface area contributed by atoms with E-state index in [1.165, 1.54) is 17.8 Å². The predicted molar refractivity (Wildman–Crippen MR) is 93.0 cm³/mol. The molecule has 1 saturated carbocycles. The van der Waals surface area contributed by atoms with Crippen molar-refractivity contribution in [1.82, 2.24) is 5.32 Å². The summed E-state index contributed by atoms with van der Waals surface area (Å²) in [5.74, 6) is 0.0809. The summed E-state index contributed by atoms with van der Waals surface area (Å²) >= 11 is 1.22. The second-order valence-corrected chi connectivity index (χ2v) is 6.87. The van der Waals surface area contributed by atoms with E-state index in [2.05, 4.69) is 16.4 Å². The Labute approximate surface area is 149 Å². The number of aromatic nitrogens is 1. The third kappa shape index (κ3) is 3.90. The molecule has 1 aliphatic carbocycles. The molecule has 6 nitrogen and oxygen atoms in total. The summed E-state index contributed by atoms with van der Waals surface area (Å²) in [7, 11) is 0. The van der Waals surface area contributed by atoms with Crippen LogP contribution >= 0.6 is 11.8 Å². The number of benzene rings is 1. The number of hydrogen-bond acceptors (Lipinski definition) is 5. The van der Waals surface area contributed by atoms with Crippen molar-refractivity contribution >= 4 is 23.5 Å². The van der Waals surface area contributed by atoms with E-state index in [-0.39, 0.29) is 28.9 Å². The molecular weight excluding hydrogens is 334 g/mol. The Bertz CT molecular complexity index is 881. The minimum atomic E-state index is -0.516. The number of carbonyl (C=O) groups is 1. The van der Waals surface area contributed by atoms with E-state index in [1.807, 2.05) is 36.4 Å². The molecule has 1 aromatic heterocycles. The number of pyridine rings is 1. The third-order valence-corrected chi connectivity index (χ3v) is 5.09. The molecule has 124 valence electrons. The molecule has 1 fully saturated rings. The average Bonchev–Trinajstić information content (AvgIpc) is 3.44. The van der Waals surface area contributed by atoms with Crippen molar-refractivity contribution in [2.45, 2.75) is 29.2 Å². The van der Waals surface area contributed by atoms with Gasteiger partial charge < -0.3 is 5.32 Å². The normalized spacial score (nSPS) is 14.2. The molecule has 0 radical (unpaired) electrons. The van der Waals surface area contributed by atoms with Crippen LogP contribution in [0, 0.1) is 22.7 Å². The standard InChI is InChI=1S/C18H15N5OS/c19-9-12-8-13(10-20)18(23-16(12)21)25-15(11-4-2-1-3-5-11)17(24)22-14-6-7-14/h1-5,8,14-15H,6-7H2,(H2,21,23)(H,22,24)/p+1/t15-/m0/s1.